The highest BCUT2D eigenvalue weighted by atomic mass is 16.5. The van der Waals surface area contributed by atoms with E-state index in [9.17, 15) is 0 Å². The molecular formula is C16H23NO3. The van der Waals surface area contributed by atoms with Gasteiger partial charge in [-0.15, -0.1) is 12.3 Å². The number of methoxy groups -OCH3 is 3. The van der Waals surface area contributed by atoms with Crippen molar-refractivity contribution in [2.45, 2.75) is 25.8 Å². The van der Waals surface area contributed by atoms with Crippen LogP contribution in [0.1, 0.15) is 24.8 Å². The highest BCUT2D eigenvalue weighted by molar-refractivity contribution is 5.50. The zero-order valence-electron chi connectivity index (χ0n) is 12.5. The van der Waals surface area contributed by atoms with Crippen molar-refractivity contribution in [3.8, 4) is 29.6 Å². The maximum atomic E-state index is 5.40. The van der Waals surface area contributed by atoms with Gasteiger partial charge in [0.15, 0.2) is 0 Å². The monoisotopic (exact) mass is 277 g/mol. The van der Waals surface area contributed by atoms with E-state index >= 15 is 0 Å². The number of hydrogen-bond donors (Lipinski definition) is 1. The number of hydrogen-bond acceptors (Lipinski definition) is 4. The zero-order valence-corrected chi connectivity index (χ0v) is 12.5. The predicted octanol–water partition coefficient (Wildman–Crippen LogP) is 2.61. The van der Waals surface area contributed by atoms with Crippen molar-refractivity contribution >= 4 is 0 Å². The summed E-state index contributed by atoms with van der Waals surface area (Å²) in [5, 5.41) is 3.38. The summed E-state index contributed by atoms with van der Waals surface area (Å²) in [4.78, 5) is 0. The van der Waals surface area contributed by atoms with Crippen LogP contribution >= 0.6 is 0 Å². The van der Waals surface area contributed by atoms with Gasteiger partial charge in [0.2, 0.25) is 0 Å². The average Bonchev–Trinajstić information content (AvgIpc) is 2.50. The number of ether oxygens (including phenoxy) is 3. The van der Waals surface area contributed by atoms with Crippen LogP contribution in [0.15, 0.2) is 12.1 Å². The fraction of sp³-hybridized carbons (Fsp3) is 0.500. The zero-order chi connectivity index (χ0) is 14.8. The second-order valence-electron chi connectivity index (χ2n) is 4.35. The molecule has 0 amide bonds. The lowest BCUT2D eigenvalue weighted by atomic mass is 10.1. The predicted molar refractivity (Wildman–Crippen MR) is 80.5 cm³/mol. The first-order valence-electron chi connectivity index (χ1n) is 6.69. The van der Waals surface area contributed by atoms with Gasteiger partial charge in [-0.05, 0) is 19.4 Å². The molecule has 4 heteroatoms. The summed E-state index contributed by atoms with van der Waals surface area (Å²) in [7, 11) is 4.91. The highest BCUT2D eigenvalue weighted by Gasteiger charge is 2.12. The number of benzene rings is 1. The quantitative estimate of drug-likeness (QED) is 0.556. The van der Waals surface area contributed by atoms with E-state index in [4.69, 9.17) is 20.6 Å². The largest absolute Gasteiger partial charge is 0.496 e. The second kappa shape index (κ2) is 9.11. The van der Waals surface area contributed by atoms with Gasteiger partial charge in [-0.1, -0.05) is 0 Å². The van der Waals surface area contributed by atoms with Gasteiger partial charge in [-0.2, -0.15) is 0 Å². The first kappa shape index (κ1) is 16.2. The van der Waals surface area contributed by atoms with Crippen LogP contribution in [-0.4, -0.2) is 27.9 Å². The SMILES string of the molecule is C#CCCCCNCc1c(OC)cc(OC)cc1OC. The third-order valence-electron chi connectivity index (χ3n) is 3.04. The van der Waals surface area contributed by atoms with Crippen LogP contribution < -0.4 is 19.5 Å². The Hall–Kier alpha value is -1.86. The Morgan fingerprint density at radius 2 is 1.70 bits per heavy atom. The van der Waals surface area contributed by atoms with Crippen molar-refractivity contribution in [2.75, 3.05) is 27.9 Å². The van der Waals surface area contributed by atoms with E-state index < -0.39 is 0 Å². The molecule has 1 aromatic rings. The molecule has 4 nitrogen and oxygen atoms in total. The molecule has 0 aliphatic carbocycles. The summed E-state index contributed by atoms with van der Waals surface area (Å²) in [5.74, 6) is 4.89. The van der Waals surface area contributed by atoms with Crippen molar-refractivity contribution in [2.24, 2.45) is 0 Å². The van der Waals surface area contributed by atoms with E-state index in [1.807, 2.05) is 12.1 Å². The Kier molecular flexibility index (Phi) is 7.38. The fourth-order valence-corrected chi connectivity index (χ4v) is 1.94. The first-order valence-corrected chi connectivity index (χ1v) is 6.69. The third kappa shape index (κ3) is 4.67. The van der Waals surface area contributed by atoms with Gasteiger partial charge in [0, 0.05) is 25.1 Å². The summed E-state index contributed by atoms with van der Waals surface area (Å²) in [6, 6.07) is 3.72. The summed E-state index contributed by atoms with van der Waals surface area (Å²) in [5.41, 5.74) is 0.993. The highest BCUT2D eigenvalue weighted by Crippen LogP contribution is 2.33. The number of terminal acetylenes is 1. The van der Waals surface area contributed by atoms with E-state index in [-0.39, 0.29) is 0 Å². The van der Waals surface area contributed by atoms with Crippen LogP contribution in [-0.2, 0) is 6.54 Å². The molecule has 1 N–H and O–H groups in total. The second-order valence-corrected chi connectivity index (χ2v) is 4.35. The molecule has 0 saturated heterocycles. The van der Waals surface area contributed by atoms with Crippen LogP contribution in [0.2, 0.25) is 0 Å². The van der Waals surface area contributed by atoms with Crippen LogP contribution in [0.25, 0.3) is 0 Å². The molecule has 0 atom stereocenters. The lowest BCUT2D eigenvalue weighted by molar-refractivity contribution is 0.366. The third-order valence-corrected chi connectivity index (χ3v) is 3.04. The van der Waals surface area contributed by atoms with E-state index in [2.05, 4.69) is 11.2 Å². The lowest BCUT2D eigenvalue weighted by Gasteiger charge is -2.15. The molecule has 110 valence electrons. The standard InChI is InChI=1S/C16H23NO3/c1-5-6-7-8-9-17-12-14-15(19-3)10-13(18-2)11-16(14)20-4/h1,10-11,17H,6-9,12H2,2-4H3. The van der Waals surface area contributed by atoms with Crippen molar-refractivity contribution in [3.63, 3.8) is 0 Å². The molecule has 0 saturated carbocycles. The van der Waals surface area contributed by atoms with Crippen molar-refractivity contribution in [3.05, 3.63) is 17.7 Å². The van der Waals surface area contributed by atoms with Crippen LogP contribution in [0.3, 0.4) is 0 Å². The van der Waals surface area contributed by atoms with Crippen molar-refractivity contribution in [1.29, 1.82) is 0 Å². The van der Waals surface area contributed by atoms with E-state index in [1.54, 1.807) is 21.3 Å². The Labute approximate surface area is 121 Å². The molecule has 1 aromatic carbocycles. The molecule has 0 aliphatic heterocycles. The van der Waals surface area contributed by atoms with Gasteiger partial charge in [-0.25, -0.2) is 0 Å². The molecule has 0 heterocycles. The van der Waals surface area contributed by atoms with Crippen molar-refractivity contribution in [1.82, 2.24) is 5.32 Å². The maximum absolute atomic E-state index is 5.40. The summed E-state index contributed by atoms with van der Waals surface area (Å²) >= 11 is 0. The van der Waals surface area contributed by atoms with Crippen LogP contribution in [0.5, 0.6) is 17.2 Å². The van der Waals surface area contributed by atoms with E-state index in [0.717, 1.165) is 48.6 Å². The van der Waals surface area contributed by atoms with Gasteiger partial charge in [0.1, 0.15) is 17.2 Å². The van der Waals surface area contributed by atoms with Gasteiger partial charge in [0.05, 0.1) is 26.9 Å². The lowest BCUT2D eigenvalue weighted by Crippen LogP contribution is -2.16. The molecule has 0 radical (unpaired) electrons. The van der Waals surface area contributed by atoms with Gasteiger partial charge in [-0.3, -0.25) is 0 Å². The summed E-state index contributed by atoms with van der Waals surface area (Å²) < 4.78 is 16.0. The number of rotatable bonds is 9. The van der Waals surface area contributed by atoms with Crippen LogP contribution in [0, 0.1) is 12.3 Å². The first-order chi connectivity index (χ1) is 9.76. The molecule has 0 spiro atoms. The molecule has 1 rings (SSSR count). The van der Waals surface area contributed by atoms with E-state index in [1.165, 1.54) is 0 Å². The Morgan fingerprint density at radius 3 is 2.20 bits per heavy atom. The molecule has 0 bridgehead atoms. The Bertz CT molecular complexity index is 427. The summed E-state index contributed by atoms with van der Waals surface area (Å²) in [6.07, 6.45) is 8.15. The van der Waals surface area contributed by atoms with Gasteiger partial charge >= 0.3 is 0 Å². The minimum absolute atomic E-state index is 0.687. The van der Waals surface area contributed by atoms with Crippen molar-refractivity contribution < 1.29 is 14.2 Å². The number of unbranched alkanes of at least 4 members (excludes halogenated alkanes) is 2. The average molecular weight is 277 g/mol. The molecular weight excluding hydrogens is 254 g/mol. The normalized spacial score (nSPS) is 9.90. The Morgan fingerprint density at radius 1 is 1.05 bits per heavy atom. The minimum Gasteiger partial charge on any atom is -0.496 e. The van der Waals surface area contributed by atoms with Gasteiger partial charge < -0.3 is 19.5 Å². The minimum atomic E-state index is 0.687. The maximum Gasteiger partial charge on any atom is 0.130 e. The van der Waals surface area contributed by atoms with E-state index in [0.29, 0.717) is 6.54 Å². The molecule has 20 heavy (non-hydrogen) atoms. The van der Waals surface area contributed by atoms with Gasteiger partial charge in [0.25, 0.3) is 0 Å². The smallest absolute Gasteiger partial charge is 0.130 e. The van der Waals surface area contributed by atoms with Crippen LogP contribution in [0.4, 0.5) is 0 Å². The molecule has 0 aliphatic rings. The topological polar surface area (TPSA) is 39.7 Å². The Balaban J connectivity index is 2.65. The molecule has 0 fully saturated rings. The fourth-order valence-electron chi connectivity index (χ4n) is 1.94. The molecule has 0 unspecified atom stereocenters. The summed E-state index contributed by atoms with van der Waals surface area (Å²) in [6.45, 7) is 1.60. The number of nitrogens with one attached hydrogen (secondary N) is 1. The molecule has 0 aromatic heterocycles.